The Morgan fingerprint density at radius 2 is 1.88 bits per heavy atom. The van der Waals surface area contributed by atoms with Crippen molar-refractivity contribution in [2.45, 2.75) is 11.1 Å². The molecule has 0 saturated carbocycles. The minimum atomic E-state index is -0.282. The highest BCUT2D eigenvalue weighted by atomic mass is 32.2. The van der Waals surface area contributed by atoms with Gasteiger partial charge < -0.3 is 5.32 Å². The third kappa shape index (κ3) is 2.87. The summed E-state index contributed by atoms with van der Waals surface area (Å²) >= 11 is 1.69. The molecule has 0 unspecified atom stereocenters. The van der Waals surface area contributed by atoms with E-state index in [1.807, 2.05) is 60.9 Å². The maximum Gasteiger partial charge on any atom is 0.261 e. The van der Waals surface area contributed by atoms with Gasteiger partial charge in [0.1, 0.15) is 12.0 Å². The number of pyridine rings is 1. The van der Waals surface area contributed by atoms with Crippen LogP contribution in [0.2, 0.25) is 0 Å². The molecule has 3 aromatic rings. The maximum absolute atomic E-state index is 13.0. The number of thioether (sulfide) groups is 1. The first-order valence-electron chi connectivity index (χ1n) is 8.02. The molecule has 0 aliphatic carbocycles. The smallest absolute Gasteiger partial charge is 0.261 e. The van der Waals surface area contributed by atoms with Crippen LogP contribution in [0.15, 0.2) is 77.8 Å². The van der Waals surface area contributed by atoms with Crippen molar-refractivity contribution in [3.05, 3.63) is 84.1 Å². The van der Waals surface area contributed by atoms with Crippen LogP contribution in [0.3, 0.4) is 0 Å². The van der Waals surface area contributed by atoms with Gasteiger partial charge in [-0.05, 0) is 42.7 Å². The Kier molecular flexibility index (Phi) is 4.15. The number of carbonyl (C=O) groups is 1. The van der Waals surface area contributed by atoms with Crippen molar-refractivity contribution >= 4 is 29.2 Å². The van der Waals surface area contributed by atoms with E-state index in [0.717, 1.165) is 11.3 Å². The Balaban J connectivity index is 1.77. The predicted octanol–water partition coefficient (Wildman–Crippen LogP) is 4.57. The average molecular weight is 347 g/mol. The van der Waals surface area contributed by atoms with E-state index >= 15 is 0 Å². The number of amides is 1. The fourth-order valence-corrected chi connectivity index (χ4v) is 3.52. The fraction of sp³-hybridized carbons (Fsp3) is 0.100. The third-order valence-corrected chi connectivity index (χ3v) is 4.96. The van der Waals surface area contributed by atoms with E-state index in [-0.39, 0.29) is 12.1 Å². The Hall–Kier alpha value is -2.79. The molecule has 0 bridgehead atoms. The molecule has 0 radical (unpaired) electrons. The minimum Gasteiger partial charge on any atom is -0.361 e. The number of aromatic nitrogens is 1. The van der Waals surface area contributed by atoms with E-state index in [1.165, 1.54) is 4.90 Å². The van der Waals surface area contributed by atoms with E-state index < -0.39 is 0 Å². The highest BCUT2D eigenvalue weighted by Crippen LogP contribution is 2.37. The van der Waals surface area contributed by atoms with Gasteiger partial charge in [0, 0.05) is 27.9 Å². The van der Waals surface area contributed by atoms with Gasteiger partial charge >= 0.3 is 0 Å². The summed E-state index contributed by atoms with van der Waals surface area (Å²) in [6, 6.07) is 21.5. The quantitative estimate of drug-likeness (QED) is 0.702. The van der Waals surface area contributed by atoms with E-state index in [1.54, 1.807) is 22.9 Å². The van der Waals surface area contributed by atoms with Crippen molar-refractivity contribution in [2.75, 3.05) is 16.5 Å². The molecular formula is C20H17N3OS. The van der Waals surface area contributed by atoms with E-state index in [9.17, 15) is 4.79 Å². The summed E-state index contributed by atoms with van der Waals surface area (Å²) in [6.45, 7) is 0. The zero-order valence-electron chi connectivity index (χ0n) is 13.7. The molecule has 124 valence electrons. The first-order chi connectivity index (χ1) is 12.3. The second-order valence-corrected chi connectivity index (χ2v) is 6.61. The van der Waals surface area contributed by atoms with Gasteiger partial charge in [-0.2, -0.15) is 0 Å². The van der Waals surface area contributed by atoms with Crippen LogP contribution in [0.5, 0.6) is 0 Å². The lowest BCUT2D eigenvalue weighted by molar-refractivity contribution is 0.0992. The van der Waals surface area contributed by atoms with Crippen LogP contribution in [0.4, 0.5) is 11.5 Å². The van der Waals surface area contributed by atoms with Crippen molar-refractivity contribution in [3.8, 4) is 0 Å². The van der Waals surface area contributed by atoms with Crippen LogP contribution in [0, 0.1) is 0 Å². The molecule has 1 aliphatic rings. The van der Waals surface area contributed by atoms with Gasteiger partial charge in [-0.3, -0.25) is 9.69 Å². The predicted molar refractivity (Wildman–Crippen MR) is 102 cm³/mol. The normalized spacial score (nSPS) is 16.0. The summed E-state index contributed by atoms with van der Waals surface area (Å²) in [5.41, 5.74) is 2.65. The summed E-state index contributed by atoms with van der Waals surface area (Å²) in [4.78, 5) is 20.2. The van der Waals surface area contributed by atoms with Crippen molar-refractivity contribution in [3.63, 3.8) is 0 Å². The van der Waals surface area contributed by atoms with Crippen molar-refractivity contribution in [1.82, 2.24) is 4.98 Å². The third-order valence-electron chi connectivity index (χ3n) is 4.23. The Morgan fingerprint density at radius 1 is 1.04 bits per heavy atom. The molecule has 4 rings (SSSR count). The average Bonchev–Trinajstić information content (AvgIpc) is 2.95. The molecule has 1 aromatic heterocycles. The zero-order chi connectivity index (χ0) is 17.2. The highest BCUT2D eigenvalue weighted by Gasteiger charge is 2.38. The van der Waals surface area contributed by atoms with Crippen molar-refractivity contribution < 1.29 is 4.79 Å². The minimum absolute atomic E-state index is 0.0344. The number of hydrogen-bond donors (Lipinski definition) is 1. The van der Waals surface area contributed by atoms with Gasteiger partial charge in [0.25, 0.3) is 5.91 Å². The van der Waals surface area contributed by atoms with Gasteiger partial charge in [-0.15, -0.1) is 11.8 Å². The van der Waals surface area contributed by atoms with Crippen LogP contribution < -0.4 is 10.2 Å². The Labute approximate surface area is 150 Å². The lowest BCUT2D eigenvalue weighted by atomic mass is 10.1. The lowest BCUT2D eigenvalue weighted by Gasteiger charge is -2.26. The van der Waals surface area contributed by atoms with E-state index in [2.05, 4.69) is 22.4 Å². The van der Waals surface area contributed by atoms with Crippen molar-refractivity contribution in [1.29, 1.82) is 0 Å². The monoisotopic (exact) mass is 347 g/mol. The van der Waals surface area contributed by atoms with Gasteiger partial charge in [-0.25, -0.2) is 4.98 Å². The number of anilines is 2. The molecule has 0 fully saturated rings. The molecule has 1 aliphatic heterocycles. The van der Waals surface area contributed by atoms with Gasteiger partial charge in [-0.1, -0.05) is 30.3 Å². The van der Waals surface area contributed by atoms with Crippen LogP contribution in [-0.4, -0.2) is 17.1 Å². The van der Waals surface area contributed by atoms with Gasteiger partial charge in [0.15, 0.2) is 0 Å². The van der Waals surface area contributed by atoms with Gasteiger partial charge in [0.2, 0.25) is 0 Å². The SMILES string of the molecule is CSc1cccc(N[C@@H]2c3ccccc3C(=O)N2c2ccccn2)c1. The molecule has 0 saturated heterocycles. The molecular weight excluding hydrogens is 330 g/mol. The standard InChI is InChI=1S/C20H17N3OS/c1-25-15-8-6-7-14(13-15)22-19-16-9-2-3-10-17(16)20(24)23(19)18-11-4-5-12-21-18/h2-13,19,22H,1H3/t19-/m0/s1. The number of nitrogens with zero attached hydrogens (tertiary/aromatic N) is 2. The highest BCUT2D eigenvalue weighted by molar-refractivity contribution is 7.98. The van der Waals surface area contributed by atoms with Crippen LogP contribution in [0.25, 0.3) is 0 Å². The number of rotatable bonds is 4. The van der Waals surface area contributed by atoms with Crippen LogP contribution in [-0.2, 0) is 0 Å². The number of nitrogens with one attached hydrogen (secondary N) is 1. The Morgan fingerprint density at radius 3 is 2.68 bits per heavy atom. The van der Waals surface area contributed by atoms with Crippen molar-refractivity contribution in [2.24, 2.45) is 0 Å². The lowest BCUT2D eigenvalue weighted by Crippen LogP contribution is -2.32. The van der Waals surface area contributed by atoms with Crippen LogP contribution >= 0.6 is 11.8 Å². The molecule has 0 spiro atoms. The van der Waals surface area contributed by atoms with E-state index in [4.69, 9.17) is 0 Å². The number of benzene rings is 2. The Bertz CT molecular complexity index is 914. The maximum atomic E-state index is 13.0. The number of hydrogen-bond acceptors (Lipinski definition) is 4. The molecule has 1 N–H and O–H groups in total. The fourth-order valence-electron chi connectivity index (χ4n) is 3.06. The summed E-state index contributed by atoms with van der Waals surface area (Å²) in [7, 11) is 0. The first kappa shape index (κ1) is 15.7. The topological polar surface area (TPSA) is 45.2 Å². The first-order valence-corrected chi connectivity index (χ1v) is 9.24. The molecule has 4 nitrogen and oxygen atoms in total. The molecule has 2 heterocycles. The summed E-state index contributed by atoms with van der Waals surface area (Å²) in [6.07, 6.45) is 3.47. The molecule has 1 amide bonds. The largest absolute Gasteiger partial charge is 0.361 e. The molecule has 25 heavy (non-hydrogen) atoms. The molecule has 5 heteroatoms. The van der Waals surface area contributed by atoms with Crippen LogP contribution in [0.1, 0.15) is 22.1 Å². The second kappa shape index (κ2) is 6.61. The molecule has 2 aromatic carbocycles. The van der Waals surface area contributed by atoms with E-state index in [0.29, 0.717) is 11.4 Å². The summed E-state index contributed by atoms with van der Waals surface area (Å²) in [5, 5.41) is 3.50. The number of carbonyl (C=O) groups excluding carboxylic acids is 1. The zero-order valence-corrected chi connectivity index (χ0v) is 14.5. The molecule has 1 atom stereocenters. The second-order valence-electron chi connectivity index (χ2n) is 5.73. The summed E-state index contributed by atoms with van der Waals surface area (Å²) in [5.74, 6) is 0.607. The van der Waals surface area contributed by atoms with Gasteiger partial charge in [0.05, 0.1) is 0 Å². The number of fused-ring (bicyclic) bond motifs is 1. The summed E-state index contributed by atoms with van der Waals surface area (Å²) < 4.78 is 0.